The van der Waals surface area contributed by atoms with Crippen molar-refractivity contribution in [3.8, 4) is 5.75 Å². The van der Waals surface area contributed by atoms with Crippen LogP contribution in [-0.2, 0) is 16.0 Å². The number of hydrogen-bond acceptors (Lipinski definition) is 3. The van der Waals surface area contributed by atoms with Crippen molar-refractivity contribution in [3.05, 3.63) is 41.7 Å². The van der Waals surface area contributed by atoms with Gasteiger partial charge in [-0.2, -0.15) is 0 Å². The smallest absolute Gasteiger partial charge is 0.162 e. The summed E-state index contributed by atoms with van der Waals surface area (Å²) < 4.78 is 10.9. The van der Waals surface area contributed by atoms with Crippen molar-refractivity contribution < 1.29 is 14.3 Å². The zero-order valence-electron chi connectivity index (χ0n) is 13.1. The fraction of sp³-hybridized carbons (Fsp3) is 0.500. The van der Waals surface area contributed by atoms with Gasteiger partial charge in [0.15, 0.2) is 5.78 Å². The van der Waals surface area contributed by atoms with Gasteiger partial charge in [0.1, 0.15) is 5.75 Å². The van der Waals surface area contributed by atoms with E-state index in [-0.39, 0.29) is 11.7 Å². The number of allylic oxidation sites excluding steroid dienone is 2. The molecule has 1 aromatic carbocycles. The van der Waals surface area contributed by atoms with E-state index in [0.29, 0.717) is 12.5 Å². The zero-order valence-corrected chi connectivity index (χ0v) is 13.1. The molecule has 3 nitrogen and oxygen atoms in total. The third kappa shape index (κ3) is 4.62. The molecule has 3 heteroatoms. The van der Waals surface area contributed by atoms with Crippen molar-refractivity contribution in [2.24, 2.45) is 11.8 Å². The second-order valence-electron chi connectivity index (χ2n) is 6.01. The second-order valence-corrected chi connectivity index (χ2v) is 6.01. The molecule has 21 heavy (non-hydrogen) atoms. The predicted molar refractivity (Wildman–Crippen MR) is 83.3 cm³/mol. The van der Waals surface area contributed by atoms with Crippen molar-refractivity contribution in [2.75, 3.05) is 13.7 Å². The maximum absolute atomic E-state index is 12.2. The van der Waals surface area contributed by atoms with Gasteiger partial charge in [0.05, 0.1) is 19.5 Å². The maximum atomic E-state index is 12.2. The van der Waals surface area contributed by atoms with E-state index in [1.54, 1.807) is 13.2 Å². The van der Waals surface area contributed by atoms with E-state index >= 15 is 0 Å². The number of hydrogen-bond donors (Lipinski definition) is 0. The van der Waals surface area contributed by atoms with E-state index in [1.165, 1.54) is 0 Å². The highest BCUT2D eigenvalue weighted by molar-refractivity contribution is 5.93. The van der Waals surface area contributed by atoms with Gasteiger partial charge in [-0.25, -0.2) is 0 Å². The van der Waals surface area contributed by atoms with E-state index in [0.717, 1.165) is 36.3 Å². The van der Waals surface area contributed by atoms with Gasteiger partial charge in [-0.05, 0) is 36.5 Å². The number of rotatable bonds is 6. The minimum atomic E-state index is 0.0588. The second kappa shape index (κ2) is 7.30. The van der Waals surface area contributed by atoms with Crippen LogP contribution in [0, 0.1) is 11.8 Å². The van der Waals surface area contributed by atoms with Crippen LogP contribution in [-0.4, -0.2) is 19.5 Å². The topological polar surface area (TPSA) is 35.5 Å². The monoisotopic (exact) mass is 288 g/mol. The summed E-state index contributed by atoms with van der Waals surface area (Å²) >= 11 is 0. The number of ketones is 1. The predicted octanol–water partition coefficient (Wildman–Crippen LogP) is 3.77. The Morgan fingerprint density at radius 3 is 2.81 bits per heavy atom. The molecule has 0 aliphatic heterocycles. The summed E-state index contributed by atoms with van der Waals surface area (Å²) in [5.74, 6) is 2.41. The molecule has 0 radical (unpaired) electrons. The summed E-state index contributed by atoms with van der Waals surface area (Å²) in [5, 5.41) is 0. The van der Waals surface area contributed by atoms with E-state index < -0.39 is 0 Å². The van der Waals surface area contributed by atoms with Crippen molar-refractivity contribution in [2.45, 2.75) is 33.1 Å². The largest absolute Gasteiger partial charge is 0.498 e. The minimum absolute atomic E-state index is 0.0588. The highest BCUT2D eigenvalue weighted by Crippen LogP contribution is 2.26. The highest BCUT2D eigenvalue weighted by atomic mass is 16.5. The summed E-state index contributed by atoms with van der Waals surface area (Å²) in [6, 6.07) is 7.94. The molecule has 0 fully saturated rings. The first-order valence-electron chi connectivity index (χ1n) is 7.58. The fourth-order valence-corrected chi connectivity index (χ4v) is 2.48. The van der Waals surface area contributed by atoms with Crippen LogP contribution in [0.5, 0.6) is 5.75 Å². The average molecular weight is 288 g/mol. The lowest BCUT2D eigenvalue weighted by molar-refractivity contribution is -0.119. The summed E-state index contributed by atoms with van der Waals surface area (Å²) in [6.45, 7) is 4.90. The fourth-order valence-electron chi connectivity index (χ4n) is 2.48. The van der Waals surface area contributed by atoms with Gasteiger partial charge in [-0.15, -0.1) is 0 Å². The Bertz CT molecular complexity index is 517. The van der Waals surface area contributed by atoms with Crippen LogP contribution in [0.4, 0.5) is 0 Å². The van der Waals surface area contributed by atoms with Crippen molar-refractivity contribution in [1.29, 1.82) is 0 Å². The van der Waals surface area contributed by atoms with Crippen LogP contribution in [0.25, 0.3) is 0 Å². The normalized spacial score (nSPS) is 18.6. The third-order valence-electron chi connectivity index (χ3n) is 3.66. The molecule has 1 aliphatic rings. The standard InChI is InChI=1S/C18H24O3/c1-13(2)12-21-17-8-7-15(18(19)11-17)9-14-5-4-6-16(10-14)20-3/h4-6,10-11,13,15H,7-9,12H2,1-3H3. The lowest BCUT2D eigenvalue weighted by atomic mass is 9.86. The Morgan fingerprint density at radius 2 is 2.14 bits per heavy atom. The highest BCUT2D eigenvalue weighted by Gasteiger charge is 2.23. The van der Waals surface area contributed by atoms with Gasteiger partial charge >= 0.3 is 0 Å². The van der Waals surface area contributed by atoms with Gasteiger partial charge < -0.3 is 9.47 Å². The van der Waals surface area contributed by atoms with Crippen LogP contribution in [0.2, 0.25) is 0 Å². The van der Waals surface area contributed by atoms with E-state index in [4.69, 9.17) is 9.47 Å². The lowest BCUT2D eigenvalue weighted by Crippen LogP contribution is -2.21. The SMILES string of the molecule is COc1cccc(CC2CCC(OCC(C)C)=CC2=O)c1. The number of benzene rings is 1. The van der Waals surface area contributed by atoms with E-state index in [9.17, 15) is 4.79 Å². The Labute approximate surface area is 127 Å². The minimum Gasteiger partial charge on any atom is -0.498 e. The number of methoxy groups -OCH3 is 1. The first-order chi connectivity index (χ1) is 10.1. The van der Waals surface area contributed by atoms with Crippen molar-refractivity contribution in [1.82, 2.24) is 0 Å². The van der Waals surface area contributed by atoms with Crippen LogP contribution < -0.4 is 4.74 Å². The van der Waals surface area contributed by atoms with E-state index in [1.807, 2.05) is 24.3 Å². The molecule has 0 saturated heterocycles. The van der Waals surface area contributed by atoms with Gasteiger partial charge in [0, 0.05) is 18.4 Å². The van der Waals surface area contributed by atoms with Crippen LogP contribution in [0.15, 0.2) is 36.1 Å². The molecule has 1 unspecified atom stereocenters. The lowest BCUT2D eigenvalue weighted by Gasteiger charge is -2.22. The molecule has 0 amide bonds. The molecule has 1 aromatic rings. The van der Waals surface area contributed by atoms with E-state index in [2.05, 4.69) is 13.8 Å². The Hall–Kier alpha value is -1.77. The van der Waals surface area contributed by atoms with Gasteiger partial charge in [-0.3, -0.25) is 4.79 Å². The molecule has 1 aliphatic carbocycles. The summed E-state index contributed by atoms with van der Waals surface area (Å²) in [4.78, 5) is 12.2. The molecular formula is C18H24O3. The molecule has 0 aromatic heterocycles. The molecule has 114 valence electrons. The third-order valence-corrected chi connectivity index (χ3v) is 3.66. The quantitative estimate of drug-likeness (QED) is 0.799. The molecule has 2 rings (SSSR count). The number of carbonyl (C=O) groups excluding carboxylic acids is 1. The molecule has 1 atom stereocenters. The number of carbonyl (C=O) groups is 1. The summed E-state index contributed by atoms with van der Waals surface area (Å²) in [6.07, 6.45) is 4.17. The Balaban J connectivity index is 1.95. The number of ether oxygens (including phenoxy) is 2. The molecule has 0 heterocycles. The zero-order chi connectivity index (χ0) is 15.2. The Morgan fingerprint density at radius 1 is 1.33 bits per heavy atom. The summed E-state index contributed by atoms with van der Waals surface area (Å²) in [5.41, 5.74) is 1.15. The van der Waals surface area contributed by atoms with Crippen LogP contribution in [0.3, 0.4) is 0 Å². The van der Waals surface area contributed by atoms with Crippen molar-refractivity contribution in [3.63, 3.8) is 0 Å². The average Bonchev–Trinajstić information content (AvgIpc) is 2.48. The first kappa shape index (κ1) is 15.6. The van der Waals surface area contributed by atoms with Gasteiger partial charge in [0.25, 0.3) is 0 Å². The van der Waals surface area contributed by atoms with Crippen LogP contribution >= 0.6 is 0 Å². The first-order valence-corrected chi connectivity index (χ1v) is 7.58. The molecule has 0 bridgehead atoms. The van der Waals surface area contributed by atoms with Crippen molar-refractivity contribution >= 4 is 5.78 Å². The Kier molecular flexibility index (Phi) is 5.43. The molecular weight excluding hydrogens is 264 g/mol. The molecule has 0 spiro atoms. The molecule has 0 saturated carbocycles. The summed E-state index contributed by atoms with van der Waals surface area (Å²) in [7, 11) is 1.66. The molecule has 0 N–H and O–H groups in total. The van der Waals surface area contributed by atoms with Gasteiger partial charge in [0.2, 0.25) is 0 Å². The van der Waals surface area contributed by atoms with Crippen LogP contribution in [0.1, 0.15) is 32.3 Å². The van der Waals surface area contributed by atoms with Gasteiger partial charge in [-0.1, -0.05) is 26.0 Å². The maximum Gasteiger partial charge on any atom is 0.162 e.